The summed E-state index contributed by atoms with van der Waals surface area (Å²) in [6, 6.07) is 3.09. The van der Waals surface area contributed by atoms with Gasteiger partial charge in [-0.2, -0.15) is 0 Å². The van der Waals surface area contributed by atoms with Crippen molar-refractivity contribution in [2.75, 3.05) is 12.5 Å². The van der Waals surface area contributed by atoms with E-state index in [4.69, 9.17) is 39.5 Å². The van der Waals surface area contributed by atoms with Gasteiger partial charge in [-0.25, -0.2) is 0 Å². The van der Waals surface area contributed by atoms with Crippen molar-refractivity contribution >= 4 is 40.6 Å². The van der Waals surface area contributed by atoms with Gasteiger partial charge >= 0.3 is 0 Å². The molecule has 2 nitrogen and oxygen atoms in total. The summed E-state index contributed by atoms with van der Waals surface area (Å²) < 4.78 is 5.38. The molecule has 5 heteroatoms. The number of alkyl halides is 1. The molecular formula is C11H11Cl3O2. The fourth-order valence-corrected chi connectivity index (χ4v) is 1.84. The molecule has 0 aliphatic carbocycles. The topological polar surface area (TPSA) is 26.3 Å². The summed E-state index contributed by atoms with van der Waals surface area (Å²) in [6.45, 7) is 1.90. The van der Waals surface area contributed by atoms with Crippen LogP contribution in [-0.4, -0.2) is 18.3 Å². The number of hydrogen-bond acceptors (Lipinski definition) is 2. The van der Waals surface area contributed by atoms with Crippen molar-refractivity contribution in [1.82, 2.24) is 0 Å². The van der Waals surface area contributed by atoms with Crippen LogP contribution < -0.4 is 4.74 Å². The highest BCUT2D eigenvalue weighted by Crippen LogP contribution is 2.34. The molecule has 0 amide bonds. The van der Waals surface area contributed by atoms with Gasteiger partial charge in [-0.3, -0.25) is 4.79 Å². The molecule has 1 aromatic rings. The first-order chi connectivity index (χ1) is 7.56. The predicted molar refractivity (Wildman–Crippen MR) is 67.3 cm³/mol. The molecule has 0 unspecified atom stereocenters. The Kier molecular flexibility index (Phi) is 5.39. The summed E-state index contributed by atoms with van der Waals surface area (Å²) >= 11 is 17.4. The van der Waals surface area contributed by atoms with Crippen molar-refractivity contribution in [3.05, 3.63) is 27.7 Å². The number of hydrogen-bond donors (Lipinski definition) is 0. The Hall–Kier alpha value is -0.440. The molecule has 1 rings (SSSR count). The van der Waals surface area contributed by atoms with Crippen LogP contribution in [0, 0.1) is 0 Å². The number of benzene rings is 1. The Morgan fingerprint density at radius 2 is 1.88 bits per heavy atom. The van der Waals surface area contributed by atoms with Crippen molar-refractivity contribution < 1.29 is 9.53 Å². The van der Waals surface area contributed by atoms with E-state index in [1.165, 1.54) is 6.92 Å². The van der Waals surface area contributed by atoms with Crippen LogP contribution in [-0.2, 0) is 0 Å². The molecule has 0 heterocycles. The third kappa shape index (κ3) is 3.55. The maximum Gasteiger partial charge on any atom is 0.159 e. The highest BCUT2D eigenvalue weighted by molar-refractivity contribution is 6.37. The molecule has 1 aromatic carbocycles. The van der Waals surface area contributed by atoms with Gasteiger partial charge in [0, 0.05) is 11.4 Å². The van der Waals surface area contributed by atoms with Crippen molar-refractivity contribution in [2.24, 2.45) is 0 Å². The first kappa shape index (κ1) is 13.6. The second kappa shape index (κ2) is 6.33. The van der Waals surface area contributed by atoms with Gasteiger partial charge in [0.1, 0.15) is 0 Å². The maximum absolute atomic E-state index is 11.1. The van der Waals surface area contributed by atoms with Crippen LogP contribution in [0.3, 0.4) is 0 Å². The Morgan fingerprint density at radius 3 is 2.31 bits per heavy atom. The summed E-state index contributed by atoms with van der Waals surface area (Å²) in [7, 11) is 0. The van der Waals surface area contributed by atoms with Gasteiger partial charge in [0.2, 0.25) is 0 Å². The lowest BCUT2D eigenvalue weighted by molar-refractivity contribution is 0.101. The van der Waals surface area contributed by atoms with Gasteiger partial charge in [0.25, 0.3) is 0 Å². The first-order valence-corrected chi connectivity index (χ1v) is 6.04. The number of ether oxygens (including phenoxy) is 1. The van der Waals surface area contributed by atoms with Gasteiger partial charge in [0.15, 0.2) is 11.5 Å². The quantitative estimate of drug-likeness (QED) is 0.459. The van der Waals surface area contributed by atoms with Gasteiger partial charge in [0.05, 0.1) is 16.7 Å². The SMILES string of the molecule is CC(=O)c1cc(Cl)c(OCCCCl)c(Cl)c1. The fraction of sp³-hybridized carbons (Fsp3) is 0.364. The molecule has 0 bridgehead atoms. The van der Waals surface area contributed by atoms with Crippen molar-refractivity contribution in [3.63, 3.8) is 0 Å². The number of ketones is 1. The third-order valence-corrected chi connectivity index (χ3v) is 2.76. The van der Waals surface area contributed by atoms with Crippen LogP contribution in [0.1, 0.15) is 23.7 Å². The highest BCUT2D eigenvalue weighted by atomic mass is 35.5. The van der Waals surface area contributed by atoms with Crippen molar-refractivity contribution in [3.8, 4) is 5.75 Å². The summed E-state index contributed by atoms with van der Waals surface area (Å²) in [5.41, 5.74) is 0.472. The van der Waals surface area contributed by atoms with Crippen LogP contribution in [0.5, 0.6) is 5.75 Å². The van der Waals surface area contributed by atoms with E-state index in [9.17, 15) is 4.79 Å². The molecule has 0 spiro atoms. The number of rotatable bonds is 5. The minimum absolute atomic E-state index is 0.0869. The summed E-state index contributed by atoms with van der Waals surface area (Å²) in [6.07, 6.45) is 0.711. The average molecular weight is 282 g/mol. The molecule has 88 valence electrons. The molecule has 0 saturated heterocycles. The van der Waals surface area contributed by atoms with Crippen LogP contribution in [0.4, 0.5) is 0 Å². The second-order valence-electron chi connectivity index (χ2n) is 3.22. The fourth-order valence-electron chi connectivity index (χ4n) is 1.13. The lowest BCUT2D eigenvalue weighted by atomic mass is 10.1. The lowest BCUT2D eigenvalue weighted by Crippen LogP contribution is -2.00. The lowest BCUT2D eigenvalue weighted by Gasteiger charge is -2.10. The number of halogens is 3. The zero-order valence-electron chi connectivity index (χ0n) is 8.73. The standard InChI is InChI=1S/C11H11Cl3O2/c1-7(15)8-5-9(13)11(10(14)6-8)16-4-2-3-12/h5-6H,2-4H2,1H3. The molecule has 0 aromatic heterocycles. The monoisotopic (exact) mass is 280 g/mol. The van der Waals surface area contributed by atoms with Crippen LogP contribution in [0.2, 0.25) is 10.0 Å². The van der Waals surface area contributed by atoms with E-state index in [0.29, 0.717) is 40.3 Å². The number of carbonyl (C=O) groups is 1. The Bertz CT molecular complexity index is 368. The molecule has 0 saturated carbocycles. The van der Waals surface area contributed by atoms with Gasteiger partial charge in [-0.15, -0.1) is 11.6 Å². The zero-order valence-corrected chi connectivity index (χ0v) is 11.0. The van der Waals surface area contributed by atoms with Gasteiger partial charge < -0.3 is 4.74 Å². The number of carbonyl (C=O) groups excluding carboxylic acids is 1. The van der Waals surface area contributed by atoms with E-state index in [-0.39, 0.29) is 5.78 Å². The van der Waals surface area contributed by atoms with Crippen molar-refractivity contribution in [1.29, 1.82) is 0 Å². The first-order valence-electron chi connectivity index (χ1n) is 4.75. The van der Waals surface area contributed by atoms with E-state index >= 15 is 0 Å². The minimum Gasteiger partial charge on any atom is -0.490 e. The minimum atomic E-state index is -0.0869. The van der Waals surface area contributed by atoms with E-state index in [2.05, 4.69) is 0 Å². The van der Waals surface area contributed by atoms with Crippen LogP contribution in [0.25, 0.3) is 0 Å². The highest BCUT2D eigenvalue weighted by Gasteiger charge is 2.11. The van der Waals surface area contributed by atoms with Gasteiger partial charge in [-0.1, -0.05) is 23.2 Å². The normalized spacial score (nSPS) is 10.2. The largest absolute Gasteiger partial charge is 0.490 e. The van der Waals surface area contributed by atoms with E-state index in [0.717, 1.165) is 0 Å². The Labute approximate surface area is 109 Å². The summed E-state index contributed by atoms with van der Waals surface area (Å²) in [5.74, 6) is 0.829. The predicted octanol–water partition coefficient (Wildman–Crippen LogP) is 4.20. The Balaban J connectivity index is 2.89. The summed E-state index contributed by atoms with van der Waals surface area (Å²) in [5, 5.41) is 0.680. The van der Waals surface area contributed by atoms with Gasteiger partial charge in [-0.05, 0) is 25.5 Å². The van der Waals surface area contributed by atoms with Crippen LogP contribution in [0.15, 0.2) is 12.1 Å². The van der Waals surface area contributed by atoms with E-state index in [1.54, 1.807) is 12.1 Å². The maximum atomic E-state index is 11.1. The average Bonchev–Trinajstić information content (AvgIpc) is 2.21. The smallest absolute Gasteiger partial charge is 0.159 e. The van der Waals surface area contributed by atoms with Crippen molar-refractivity contribution in [2.45, 2.75) is 13.3 Å². The van der Waals surface area contributed by atoms with Crippen LogP contribution >= 0.6 is 34.8 Å². The molecule has 0 fully saturated rings. The zero-order chi connectivity index (χ0) is 12.1. The molecular weight excluding hydrogens is 270 g/mol. The third-order valence-electron chi connectivity index (χ3n) is 1.93. The molecule has 0 aliphatic rings. The molecule has 16 heavy (non-hydrogen) atoms. The van der Waals surface area contributed by atoms with E-state index < -0.39 is 0 Å². The molecule has 0 aliphatic heterocycles. The molecule has 0 atom stereocenters. The van der Waals surface area contributed by atoms with E-state index in [1.807, 2.05) is 0 Å². The summed E-state index contributed by atoms with van der Waals surface area (Å²) in [4.78, 5) is 11.1. The number of Topliss-reactive ketones (excluding diaryl/α,β-unsaturated/α-hetero) is 1. The Morgan fingerprint density at radius 1 is 1.31 bits per heavy atom. The second-order valence-corrected chi connectivity index (χ2v) is 4.41. The molecule has 0 N–H and O–H groups in total. The molecule has 0 radical (unpaired) electrons.